The highest BCUT2D eigenvalue weighted by atomic mass is 16.5. The molecule has 2 fully saturated rings. The maximum atomic E-state index is 11.9. The average Bonchev–Trinajstić information content (AvgIpc) is 3.48. The molecule has 2 saturated heterocycles. The number of hydrogen-bond acceptors (Lipinski definition) is 8. The second-order valence-corrected chi connectivity index (χ2v) is 9.78. The van der Waals surface area contributed by atoms with Crippen molar-refractivity contribution < 1.29 is 38.6 Å². The number of amides is 3. The monoisotopic (exact) mass is 539 g/mol. The Balaban J connectivity index is 0.000000176. The number of hydrogen-bond donors (Lipinski definition) is 4. The van der Waals surface area contributed by atoms with Gasteiger partial charge < -0.3 is 24.8 Å². The van der Waals surface area contributed by atoms with Crippen LogP contribution in [0.1, 0.15) is 65.0 Å². The van der Waals surface area contributed by atoms with E-state index < -0.39 is 17.1 Å². The number of nitrogens with one attached hydrogen (secondary N) is 3. The Hall–Kier alpha value is -4.12. The topological polar surface area (TPSA) is 152 Å². The van der Waals surface area contributed by atoms with Gasteiger partial charge in [0.1, 0.15) is 11.5 Å². The molecule has 4 N–H and O–H groups in total. The Kier molecular flexibility index (Phi) is 7.82. The Bertz CT molecular complexity index is 1210. The first kappa shape index (κ1) is 27.9. The van der Waals surface area contributed by atoms with Crippen LogP contribution in [0.5, 0.6) is 11.5 Å². The number of fused-ring (bicyclic) bond motifs is 2. The van der Waals surface area contributed by atoms with E-state index in [9.17, 15) is 19.2 Å². The van der Waals surface area contributed by atoms with Gasteiger partial charge in [-0.2, -0.15) is 0 Å². The minimum Gasteiger partial charge on any atom is -0.477 e. The van der Waals surface area contributed by atoms with Crippen molar-refractivity contribution in [2.45, 2.75) is 57.2 Å². The van der Waals surface area contributed by atoms with E-state index in [2.05, 4.69) is 10.6 Å². The fourth-order valence-electron chi connectivity index (χ4n) is 5.37. The number of carbonyl (C=O) groups is 4. The highest BCUT2D eigenvalue weighted by Crippen LogP contribution is 2.38. The molecule has 39 heavy (non-hydrogen) atoms. The molecule has 4 aliphatic heterocycles. The molecule has 3 amide bonds. The third-order valence-corrected chi connectivity index (χ3v) is 7.57. The van der Waals surface area contributed by atoms with Crippen LogP contribution in [0.3, 0.4) is 0 Å². The summed E-state index contributed by atoms with van der Waals surface area (Å²) in [5.74, 6) is 0.322. The van der Waals surface area contributed by atoms with Gasteiger partial charge in [-0.1, -0.05) is 7.43 Å². The summed E-state index contributed by atoms with van der Waals surface area (Å²) in [7, 11) is 1.36. The molecule has 11 heteroatoms. The quantitative estimate of drug-likeness (QED) is 0.257. The van der Waals surface area contributed by atoms with Crippen LogP contribution in [0.2, 0.25) is 0 Å². The SMILES string of the molecule is C.COC(=O)c1ccc2c(c1)CCC1(CCNC1=O)O2.O=C(NO)c1ccc2c(c1)CCC1(CCNC1=O)O2. The number of hydroxylamine groups is 1. The first-order valence-corrected chi connectivity index (χ1v) is 12.5. The fourth-order valence-corrected chi connectivity index (χ4v) is 5.37. The van der Waals surface area contributed by atoms with Crippen molar-refractivity contribution in [2.24, 2.45) is 0 Å². The minimum atomic E-state index is -0.742. The zero-order chi connectivity index (χ0) is 26.9. The standard InChI is InChI=1S/C14H15NO4.C13H14N2O4.CH4/c1-18-12(16)10-2-3-11-9(8-10)4-5-14(19-11)6-7-15-13(14)17;16-11(15-18)9-1-2-10-8(7-9)3-4-13(19-10)5-6-14-12(13)17;/h2-3,8H,4-7H2,1H3,(H,15,17);1-2,7,18H,3-6H2,(H,14,17)(H,15,16);1H4. The molecule has 2 aromatic rings. The molecule has 2 spiro atoms. The molecule has 0 aliphatic carbocycles. The van der Waals surface area contributed by atoms with Crippen LogP contribution in [0, 0.1) is 0 Å². The highest BCUT2D eigenvalue weighted by molar-refractivity contribution is 5.94. The van der Waals surface area contributed by atoms with Crippen LogP contribution >= 0.6 is 0 Å². The summed E-state index contributed by atoms with van der Waals surface area (Å²) < 4.78 is 16.4. The Labute approximate surface area is 226 Å². The van der Waals surface area contributed by atoms with Gasteiger partial charge in [0.15, 0.2) is 11.2 Å². The number of carbonyl (C=O) groups excluding carboxylic acids is 4. The number of aryl methyl sites for hydroxylation is 2. The number of rotatable bonds is 2. The van der Waals surface area contributed by atoms with E-state index in [-0.39, 0.29) is 25.2 Å². The van der Waals surface area contributed by atoms with Gasteiger partial charge in [-0.15, -0.1) is 0 Å². The molecule has 4 heterocycles. The summed E-state index contributed by atoms with van der Waals surface area (Å²) >= 11 is 0. The van der Waals surface area contributed by atoms with Gasteiger partial charge in [-0.3, -0.25) is 19.6 Å². The summed E-state index contributed by atoms with van der Waals surface area (Å²) in [5.41, 5.74) is 2.86. The van der Waals surface area contributed by atoms with Crippen LogP contribution in [0.25, 0.3) is 0 Å². The van der Waals surface area contributed by atoms with Crippen LogP contribution < -0.4 is 25.6 Å². The molecule has 11 nitrogen and oxygen atoms in total. The zero-order valence-corrected chi connectivity index (χ0v) is 20.9. The maximum Gasteiger partial charge on any atom is 0.337 e. The van der Waals surface area contributed by atoms with Crippen LogP contribution in [0.4, 0.5) is 0 Å². The van der Waals surface area contributed by atoms with Crippen molar-refractivity contribution in [3.05, 3.63) is 58.7 Å². The number of methoxy groups -OCH3 is 1. The largest absolute Gasteiger partial charge is 0.477 e. The lowest BCUT2D eigenvalue weighted by atomic mass is 9.89. The molecular weight excluding hydrogens is 506 g/mol. The van der Waals surface area contributed by atoms with Gasteiger partial charge in [-0.05, 0) is 60.4 Å². The summed E-state index contributed by atoms with van der Waals surface area (Å²) in [6, 6.07) is 10.1. The van der Waals surface area contributed by atoms with E-state index in [1.165, 1.54) is 7.11 Å². The van der Waals surface area contributed by atoms with Crippen molar-refractivity contribution >= 4 is 23.7 Å². The molecule has 0 aromatic heterocycles. The molecule has 2 unspecified atom stereocenters. The fraction of sp³-hybridized carbons (Fsp3) is 0.429. The predicted molar refractivity (Wildman–Crippen MR) is 139 cm³/mol. The summed E-state index contributed by atoms with van der Waals surface area (Å²) in [6.07, 6.45) is 4.03. The second kappa shape index (κ2) is 10.9. The molecule has 0 radical (unpaired) electrons. The lowest BCUT2D eigenvalue weighted by Crippen LogP contribution is -2.46. The minimum absolute atomic E-state index is 0. The zero-order valence-electron chi connectivity index (χ0n) is 20.9. The van der Waals surface area contributed by atoms with Crippen LogP contribution in [-0.4, -0.2) is 60.3 Å². The molecule has 4 aliphatic rings. The molecule has 6 rings (SSSR count). The number of benzene rings is 2. The number of esters is 1. The smallest absolute Gasteiger partial charge is 0.337 e. The third kappa shape index (κ3) is 5.14. The van der Waals surface area contributed by atoms with Gasteiger partial charge in [0.25, 0.3) is 17.7 Å². The van der Waals surface area contributed by atoms with E-state index in [0.717, 1.165) is 17.5 Å². The van der Waals surface area contributed by atoms with E-state index in [1.54, 1.807) is 41.9 Å². The van der Waals surface area contributed by atoms with Gasteiger partial charge in [0, 0.05) is 44.3 Å². The molecule has 208 valence electrons. The molecule has 2 aromatic carbocycles. The van der Waals surface area contributed by atoms with E-state index in [0.29, 0.717) is 67.8 Å². The molecule has 2 atom stereocenters. The summed E-state index contributed by atoms with van der Waals surface area (Å²) in [4.78, 5) is 46.5. The molecular formula is C28H33N3O8. The van der Waals surface area contributed by atoms with Gasteiger partial charge in [0.2, 0.25) is 0 Å². The Morgan fingerprint density at radius 1 is 0.846 bits per heavy atom. The Morgan fingerprint density at radius 2 is 1.33 bits per heavy atom. The summed E-state index contributed by atoms with van der Waals surface area (Å²) in [6.45, 7) is 1.30. The van der Waals surface area contributed by atoms with Crippen molar-refractivity contribution in [3.63, 3.8) is 0 Å². The lowest BCUT2D eigenvalue weighted by Gasteiger charge is -2.33. The second-order valence-electron chi connectivity index (χ2n) is 9.78. The number of ether oxygens (including phenoxy) is 3. The van der Waals surface area contributed by atoms with Gasteiger partial charge in [0.05, 0.1) is 12.7 Å². The van der Waals surface area contributed by atoms with Crippen molar-refractivity contribution in [1.29, 1.82) is 0 Å². The summed E-state index contributed by atoms with van der Waals surface area (Å²) in [5, 5.41) is 14.2. The van der Waals surface area contributed by atoms with Crippen molar-refractivity contribution in [3.8, 4) is 11.5 Å². The third-order valence-electron chi connectivity index (χ3n) is 7.57. The normalized spacial score (nSPS) is 23.9. The molecule has 0 bridgehead atoms. The van der Waals surface area contributed by atoms with Crippen molar-refractivity contribution in [1.82, 2.24) is 16.1 Å². The lowest BCUT2D eigenvalue weighted by molar-refractivity contribution is -0.134. The molecule has 0 saturated carbocycles. The predicted octanol–water partition coefficient (Wildman–Crippen LogP) is 2.08. The Morgan fingerprint density at radius 3 is 1.77 bits per heavy atom. The van der Waals surface area contributed by atoms with E-state index in [4.69, 9.17) is 19.4 Å². The van der Waals surface area contributed by atoms with Gasteiger partial charge in [-0.25, -0.2) is 10.3 Å². The first-order valence-electron chi connectivity index (χ1n) is 12.5. The van der Waals surface area contributed by atoms with Crippen LogP contribution in [0.15, 0.2) is 36.4 Å². The first-order chi connectivity index (χ1) is 18.3. The van der Waals surface area contributed by atoms with E-state index >= 15 is 0 Å². The highest BCUT2D eigenvalue weighted by Gasteiger charge is 2.47. The van der Waals surface area contributed by atoms with Crippen molar-refractivity contribution in [2.75, 3.05) is 20.2 Å². The maximum absolute atomic E-state index is 11.9. The van der Waals surface area contributed by atoms with Gasteiger partial charge >= 0.3 is 5.97 Å². The average molecular weight is 540 g/mol. The van der Waals surface area contributed by atoms with E-state index in [1.807, 2.05) is 0 Å². The van der Waals surface area contributed by atoms with Crippen LogP contribution in [-0.2, 0) is 27.2 Å².